The molecule has 0 saturated heterocycles. The average Bonchev–Trinajstić information content (AvgIpc) is 2.14. The van der Waals surface area contributed by atoms with E-state index in [-0.39, 0.29) is 0 Å². The molecule has 0 N–H and O–H groups in total. The van der Waals surface area contributed by atoms with Gasteiger partial charge in [0, 0.05) is 12.0 Å². The Morgan fingerprint density at radius 1 is 1.36 bits per heavy atom. The van der Waals surface area contributed by atoms with E-state index in [1.807, 2.05) is 30.3 Å². The molecule has 14 heavy (non-hydrogen) atoms. The summed E-state index contributed by atoms with van der Waals surface area (Å²) >= 11 is 0. The second-order valence-electron chi connectivity index (χ2n) is 2.94. The summed E-state index contributed by atoms with van der Waals surface area (Å²) in [5.74, 6) is 0.419. The fourth-order valence-electron chi connectivity index (χ4n) is 0.935. The van der Waals surface area contributed by atoms with E-state index >= 15 is 0 Å². The van der Waals surface area contributed by atoms with Crippen molar-refractivity contribution in [3.8, 4) is 0 Å². The van der Waals surface area contributed by atoms with Gasteiger partial charge in [0.05, 0.1) is 0 Å². The highest BCUT2D eigenvalue weighted by atomic mass is 33.1. The molecule has 0 bridgehead atoms. The van der Waals surface area contributed by atoms with Crippen LogP contribution in [-0.4, -0.2) is 20.4 Å². The highest BCUT2D eigenvalue weighted by Gasteiger charge is 2.05. The molecule has 1 aromatic carbocycles. The lowest BCUT2D eigenvalue weighted by Gasteiger charge is -2.03. The van der Waals surface area contributed by atoms with Crippen LogP contribution in [0.2, 0.25) is 0 Å². The van der Waals surface area contributed by atoms with Crippen molar-refractivity contribution in [2.75, 3.05) is 12.0 Å². The Morgan fingerprint density at radius 2 is 1.93 bits per heavy atom. The van der Waals surface area contributed by atoms with Gasteiger partial charge in [-0.1, -0.05) is 36.9 Å². The Balaban J connectivity index is 2.61. The molecule has 4 heteroatoms. The first-order chi connectivity index (χ1) is 6.49. The van der Waals surface area contributed by atoms with Gasteiger partial charge < -0.3 is 0 Å². The van der Waals surface area contributed by atoms with Gasteiger partial charge in [-0.05, 0) is 21.9 Å². The van der Waals surface area contributed by atoms with Crippen LogP contribution in [0.1, 0.15) is 5.56 Å². The molecule has 0 aliphatic carbocycles. The monoisotopic (exact) mass is 228 g/mol. The molecular weight excluding hydrogens is 216 g/mol. The SMILES string of the molecule is C=C(CSS(C)(=O)=O)c1ccccc1. The predicted molar refractivity (Wildman–Crippen MR) is 62.8 cm³/mol. The second kappa shape index (κ2) is 4.66. The normalized spacial score (nSPS) is 11.2. The third-order valence-corrected chi connectivity index (χ3v) is 4.16. The van der Waals surface area contributed by atoms with Gasteiger partial charge in [0.15, 0.2) is 8.87 Å². The number of hydrogen-bond donors (Lipinski definition) is 0. The maximum atomic E-state index is 10.9. The second-order valence-corrected chi connectivity index (χ2v) is 7.39. The molecule has 0 atom stereocenters. The smallest absolute Gasteiger partial charge is 0.199 e. The summed E-state index contributed by atoms with van der Waals surface area (Å²) in [6, 6.07) is 9.58. The van der Waals surface area contributed by atoms with Gasteiger partial charge in [-0.2, -0.15) is 0 Å². The molecule has 0 saturated carbocycles. The lowest BCUT2D eigenvalue weighted by molar-refractivity contribution is 0.615. The van der Waals surface area contributed by atoms with Crippen LogP contribution < -0.4 is 0 Å². The highest BCUT2D eigenvalue weighted by Crippen LogP contribution is 2.20. The third kappa shape index (κ3) is 3.98. The molecule has 0 aliphatic heterocycles. The Bertz CT molecular complexity index is 407. The molecule has 0 unspecified atom stereocenters. The molecule has 0 spiro atoms. The van der Waals surface area contributed by atoms with Crippen molar-refractivity contribution in [1.29, 1.82) is 0 Å². The predicted octanol–water partition coefficient (Wildman–Crippen LogP) is 2.39. The third-order valence-electron chi connectivity index (χ3n) is 1.63. The summed E-state index contributed by atoms with van der Waals surface area (Å²) in [6.45, 7) is 3.84. The van der Waals surface area contributed by atoms with Gasteiger partial charge in [-0.15, -0.1) is 0 Å². The van der Waals surface area contributed by atoms with Crippen LogP contribution in [0.3, 0.4) is 0 Å². The quantitative estimate of drug-likeness (QED) is 0.742. The molecular formula is C10H12O2S2. The lowest BCUT2D eigenvalue weighted by Crippen LogP contribution is -1.93. The number of benzene rings is 1. The van der Waals surface area contributed by atoms with Crippen molar-refractivity contribution in [3.63, 3.8) is 0 Å². The van der Waals surface area contributed by atoms with Crippen LogP contribution in [0.4, 0.5) is 0 Å². The average molecular weight is 228 g/mol. The fraction of sp³-hybridized carbons (Fsp3) is 0.200. The molecule has 0 radical (unpaired) electrons. The maximum absolute atomic E-state index is 10.9. The summed E-state index contributed by atoms with van der Waals surface area (Å²) in [7, 11) is -2.06. The number of hydrogen-bond acceptors (Lipinski definition) is 3. The minimum Gasteiger partial charge on any atom is -0.218 e. The van der Waals surface area contributed by atoms with Gasteiger partial charge in [0.2, 0.25) is 0 Å². The van der Waals surface area contributed by atoms with E-state index in [0.717, 1.165) is 21.9 Å². The maximum Gasteiger partial charge on any atom is 0.199 e. The van der Waals surface area contributed by atoms with Gasteiger partial charge in [0.25, 0.3) is 0 Å². The van der Waals surface area contributed by atoms with E-state index in [0.29, 0.717) is 5.75 Å². The molecule has 0 heterocycles. The van der Waals surface area contributed by atoms with Crippen LogP contribution in [0.5, 0.6) is 0 Å². The topological polar surface area (TPSA) is 34.1 Å². The van der Waals surface area contributed by atoms with E-state index in [4.69, 9.17) is 0 Å². The van der Waals surface area contributed by atoms with Crippen molar-refractivity contribution in [1.82, 2.24) is 0 Å². The summed E-state index contributed by atoms with van der Waals surface area (Å²) in [5.41, 5.74) is 1.82. The standard InChI is InChI=1S/C10H12O2S2/c1-9(8-13-14(2,11)12)10-6-4-3-5-7-10/h3-7H,1,8H2,2H3. The zero-order valence-electron chi connectivity index (χ0n) is 7.93. The first-order valence-corrected chi connectivity index (χ1v) is 7.46. The van der Waals surface area contributed by atoms with E-state index in [1.54, 1.807) is 0 Å². The van der Waals surface area contributed by atoms with Crippen molar-refractivity contribution in [2.24, 2.45) is 0 Å². The van der Waals surface area contributed by atoms with Crippen molar-refractivity contribution in [2.45, 2.75) is 0 Å². The first-order valence-electron chi connectivity index (χ1n) is 4.06. The summed E-state index contributed by atoms with van der Waals surface area (Å²) in [5, 5.41) is 0. The zero-order chi connectivity index (χ0) is 10.6. The van der Waals surface area contributed by atoms with Crippen LogP contribution >= 0.6 is 10.8 Å². The summed E-state index contributed by atoms with van der Waals surface area (Å²) < 4.78 is 21.8. The molecule has 76 valence electrons. The minimum atomic E-state index is -2.97. The number of rotatable bonds is 4. The molecule has 0 amide bonds. The fourth-order valence-corrected chi connectivity index (χ4v) is 2.53. The van der Waals surface area contributed by atoms with Crippen LogP contribution in [0.15, 0.2) is 36.9 Å². The highest BCUT2D eigenvalue weighted by molar-refractivity contribution is 8.71. The van der Waals surface area contributed by atoms with Crippen molar-refractivity contribution in [3.05, 3.63) is 42.5 Å². The molecule has 1 aromatic rings. The Labute approximate surface area is 88.4 Å². The van der Waals surface area contributed by atoms with Gasteiger partial charge in [-0.3, -0.25) is 0 Å². The van der Waals surface area contributed by atoms with Gasteiger partial charge >= 0.3 is 0 Å². The Kier molecular flexibility index (Phi) is 3.77. The van der Waals surface area contributed by atoms with E-state index in [9.17, 15) is 8.42 Å². The molecule has 2 nitrogen and oxygen atoms in total. The van der Waals surface area contributed by atoms with Crippen molar-refractivity contribution >= 4 is 25.2 Å². The summed E-state index contributed by atoms with van der Waals surface area (Å²) in [4.78, 5) is 0. The van der Waals surface area contributed by atoms with E-state index < -0.39 is 8.87 Å². The van der Waals surface area contributed by atoms with Crippen LogP contribution in [-0.2, 0) is 8.87 Å². The van der Waals surface area contributed by atoms with Crippen molar-refractivity contribution < 1.29 is 8.42 Å². The molecule has 0 fully saturated rings. The molecule has 0 aliphatic rings. The zero-order valence-corrected chi connectivity index (χ0v) is 9.57. The lowest BCUT2D eigenvalue weighted by atomic mass is 10.1. The molecule has 1 rings (SSSR count). The Hall–Kier alpha value is -0.740. The van der Waals surface area contributed by atoms with E-state index in [1.165, 1.54) is 6.26 Å². The Morgan fingerprint density at radius 3 is 2.43 bits per heavy atom. The minimum absolute atomic E-state index is 0.419. The van der Waals surface area contributed by atoms with Gasteiger partial charge in [-0.25, -0.2) is 8.42 Å². The van der Waals surface area contributed by atoms with E-state index in [2.05, 4.69) is 6.58 Å². The summed E-state index contributed by atoms with van der Waals surface area (Å²) in [6.07, 6.45) is 1.20. The van der Waals surface area contributed by atoms with Crippen LogP contribution in [0, 0.1) is 0 Å². The van der Waals surface area contributed by atoms with Gasteiger partial charge in [0.1, 0.15) is 0 Å². The first kappa shape index (κ1) is 11.3. The largest absolute Gasteiger partial charge is 0.218 e. The van der Waals surface area contributed by atoms with Crippen LogP contribution in [0.25, 0.3) is 5.57 Å². The molecule has 0 aromatic heterocycles.